The number of hydrogen-bond donors (Lipinski definition) is 1. The van der Waals surface area contributed by atoms with Gasteiger partial charge in [-0.05, 0) is 30.8 Å². The van der Waals surface area contributed by atoms with Crippen LogP contribution in [-0.4, -0.2) is 36.5 Å². The lowest BCUT2D eigenvalue weighted by Crippen LogP contribution is -2.60. The van der Waals surface area contributed by atoms with Gasteiger partial charge in [0.1, 0.15) is 0 Å². The first-order chi connectivity index (χ1) is 16.5. The summed E-state index contributed by atoms with van der Waals surface area (Å²) in [5.41, 5.74) is 1.31. The van der Waals surface area contributed by atoms with Crippen molar-refractivity contribution in [3.8, 4) is 0 Å². The first kappa shape index (κ1) is 29.7. The summed E-state index contributed by atoms with van der Waals surface area (Å²) in [5, 5.41) is -2.53. The Morgan fingerprint density at radius 3 is 1.39 bits per heavy atom. The Morgan fingerprint density at radius 1 is 0.694 bits per heavy atom. The van der Waals surface area contributed by atoms with Crippen LogP contribution in [0.5, 0.6) is 0 Å². The van der Waals surface area contributed by atoms with E-state index < -0.39 is 41.6 Å². The fourth-order valence-corrected chi connectivity index (χ4v) is 5.53. The Kier molecular flexibility index (Phi) is 9.25. The molecule has 0 aromatic heterocycles. The first-order valence-electron chi connectivity index (χ1n) is 9.89. The van der Waals surface area contributed by atoms with Crippen molar-refractivity contribution in [2.45, 2.75) is 30.4 Å². The SMILES string of the molecule is Cc1ccc(P(c2ccccc2)c2ccccc2)cc1.O=S(=O)(O)C(F)(F)C(F)(F)C(F)(F)C(F)F. The van der Waals surface area contributed by atoms with Crippen molar-refractivity contribution in [1.82, 2.24) is 0 Å². The Hall–Kier alpha value is -2.56. The van der Waals surface area contributed by atoms with Crippen molar-refractivity contribution in [2.24, 2.45) is 0 Å². The molecule has 1 N–H and O–H groups in total. The highest BCUT2D eigenvalue weighted by Crippen LogP contribution is 2.50. The number of aryl methyl sites for hydroxylation is 1. The van der Waals surface area contributed by atoms with Crippen LogP contribution in [0.1, 0.15) is 5.56 Å². The Balaban J connectivity index is 0.000000262. The van der Waals surface area contributed by atoms with Crippen LogP contribution in [0, 0.1) is 6.92 Å². The molecule has 0 atom stereocenters. The molecule has 0 saturated carbocycles. The van der Waals surface area contributed by atoms with Crippen LogP contribution in [0.2, 0.25) is 0 Å². The first-order valence-corrected chi connectivity index (χ1v) is 12.7. The van der Waals surface area contributed by atoms with Gasteiger partial charge in [0.05, 0.1) is 0 Å². The quantitative estimate of drug-likeness (QED) is 0.228. The molecule has 0 aliphatic carbocycles. The molecule has 0 aliphatic rings. The molecule has 3 aromatic carbocycles. The summed E-state index contributed by atoms with van der Waals surface area (Å²) < 4.78 is 123. The highest BCUT2D eigenvalue weighted by Gasteiger charge is 2.80. The van der Waals surface area contributed by atoms with Gasteiger partial charge in [0.15, 0.2) is 0 Å². The topological polar surface area (TPSA) is 54.4 Å². The summed E-state index contributed by atoms with van der Waals surface area (Å²) in [4.78, 5) is 0. The Morgan fingerprint density at radius 2 is 1.06 bits per heavy atom. The third kappa shape index (κ3) is 6.22. The molecule has 3 rings (SSSR count). The van der Waals surface area contributed by atoms with Gasteiger partial charge in [-0.1, -0.05) is 90.5 Å². The summed E-state index contributed by atoms with van der Waals surface area (Å²) in [6, 6.07) is 30.5. The zero-order valence-electron chi connectivity index (χ0n) is 18.3. The molecule has 0 unspecified atom stereocenters. The largest absolute Gasteiger partial charge is 0.438 e. The third-order valence-corrected chi connectivity index (χ3v) is 8.05. The van der Waals surface area contributed by atoms with Crippen molar-refractivity contribution in [1.29, 1.82) is 0 Å². The minimum atomic E-state index is -6.97. The molecule has 36 heavy (non-hydrogen) atoms. The van der Waals surface area contributed by atoms with Crippen LogP contribution in [0.4, 0.5) is 35.1 Å². The second-order valence-electron chi connectivity index (χ2n) is 7.33. The van der Waals surface area contributed by atoms with Gasteiger partial charge in [-0.15, -0.1) is 0 Å². The molecular formula is C23H19F8O3PS. The Labute approximate surface area is 203 Å². The molecule has 0 saturated heterocycles. The fraction of sp³-hybridized carbons (Fsp3) is 0.217. The minimum Gasteiger partial charge on any atom is -0.281 e. The second-order valence-corrected chi connectivity index (χ2v) is 11.0. The average Bonchev–Trinajstić information content (AvgIpc) is 2.81. The van der Waals surface area contributed by atoms with Crippen molar-refractivity contribution in [3.63, 3.8) is 0 Å². The molecule has 0 amide bonds. The Bertz CT molecular complexity index is 1180. The van der Waals surface area contributed by atoms with Crippen molar-refractivity contribution < 1.29 is 48.1 Å². The van der Waals surface area contributed by atoms with E-state index in [1.807, 2.05) is 0 Å². The fourth-order valence-electron chi connectivity index (χ4n) is 2.79. The van der Waals surface area contributed by atoms with E-state index in [1.54, 1.807) is 0 Å². The van der Waals surface area contributed by atoms with E-state index >= 15 is 0 Å². The van der Waals surface area contributed by atoms with Crippen LogP contribution in [0.3, 0.4) is 0 Å². The summed E-state index contributed by atoms with van der Waals surface area (Å²) in [6.07, 6.45) is -5.24. The standard InChI is InChI=1S/C19H17P.C4H2F8O3S/c1-16-12-14-19(15-13-16)20(17-8-4-2-5-9-17)18-10-6-3-7-11-18;5-1(6)2(7,8)3(9,10)4(11,12)16(13,14)15/h2-15H,1H3;1H,(H,13,14,15). The van der Waals surface area contributed by atoms with E-state index in [1.165, 1.54) is 21.5 Å². The predicted molar refractivity (Wildman–Crippen MR) is 122 cm³/mol. The lowest BCUT2D eigenvalue weighted by atomic mass is 10.2. The summed E-state index contributed by atoms with van der Waals surface area (Å²) in [6.45, 7) is 2.14. The van der Waals surface area contributed by atoms with Gasteiger partial charge >= 0.3 is 33.6 Å². The lowest BCUT2D eigenvalue weighted by molar-refractivity contribution is -0.315. The summed E-state index contributed by atoms with van der Waals surface area (Å²) in [7, 11) is -7.43. The highest BCUT2D eigenvalue weighted by atomic mass is 32.2. The van der Waals surface area contributed by atoms with E-state index in [9.17, 15) is 43.5 Å². The lowest BCUT2D eigenvalue weighted by Gasteiger charge is -2.29. The molecule has 3 aromatic rings. The van der Waals surface area contributed by atoms with Crippen LogP contribution < -0.4 is 15.9 Å². The monoisotopic (exact) mass is 558 g/mol. The van der Waals surface area contributed by atoms with Gasteiger partial charge in [0, 0.05) is 0 Å². The van der Waals surface area contributed by atoms with Crippen LogP contribution in [0.15, 0.2) is 84.9 Å². The molecule has 0 heterocycles. The van der Waals surface area contributed by atoms with Gasteiger partial charge in [0.2, 0.25) is 0 Å². The maximum absolute atomic E-state index is 12.2. The van der Waals surface area contributed by atoms with E-state index in [2.05, 4.69) is 91.9 Å². The van der Waals surface area contributed by atoms with Crippen LogP contribution in [0.25, 0.3) is 0 Å². The van der Waals surface area contributed by atoms with Gasteiger partial charge in [0.25, 0.3) is 0 Å². The summed E-state index contributed by atoms with van der Waals surface area (Å²) in [5.74, 6) is -13.6. The molecular weight excluding hydrogens is 539 g/mol. The second kappa shape index (κ2) is 11.2. The molecule has 196 valence electrons. The number of benzene rings is 3. The van der Waals surface area contributed by atoms with Crippen molar-refractivity contribution in [3.05, 3.63) is 90.5 Å². The highest BCUT2D eigenvalue weighted by molar-refractivity contribution is 7.87. The zero-order chi connectivity index (χ0) is 27.4. The molecule has 0 spiro atoms. The van der Waals surface area contributed by atoms with Crippen molar-refractivity contribution >= 4 is 34.0 Å². The van der Waals surface area contributed by atoms with Gasteiger partial charge in [-0.2, -0.15) is 34.8 Å². The van der Waals surface area contributed by atoms with E-state index in [0.717, 1.165) is 0 Å². The maximum Gasteiger partial charge on any atom is 0.438 e. The average molecular weight is 558 g/mol. The zero-order valence-corrected chi connectivity index (χ0v) is 20.0. The molecule has 13 heteroatoms. The smallest absolute Gasteiger partial charge is 0.281 e. The van der Waals surface area contributed by atoms with E-state index in [-0.39, 0.29) is 0 Å². The number of alkyl halides is 8. The van der Waals surface area contributed by atoms with Crippen LogP contribution in [-0.2, 0) is 10.1 Å². The normalized spacial score (nSPS) is 12.9. The number of rotatable bonds is 7. The van der Waals surface area contributed by atoms with Gasteiger partial charge in [-0.3, -0.25) is 4.55 Å². The summed E-state index contributed by atoms with van der Waals surface area (Å²) >= 11 is 0. The van der Waals surface area contributed by atoms with Crippen molar-refractivity contribution in [2.75, 3.05) is 0 Å². The third-order valence-electron chi connectivity index (χ3n) is 4.70. The predicted octanol–water partition coefficient (Wildman–Crippen LogP) is 5.76. The van der Waals surface area contributed by atoms with E-state index in [4.69, 9.17) is 4.55 Å². The van der Waals surface area contributed by atoms with Gasteiger partial charge < -0.3 is 0 Å². The number of halogens is 8. The maximum atomic E-state index is 12.2. The molecule has 0 aliphatic heterocycles. The molecule has 3 nitrogen and oxygen atoms in total. The van der Waals surface area contributed by atoms with E-state index in [0.29, 0.717) is 0 Å². The van der Waals surface area contributed by atoms with Crippen LogP contribution >= 0.6 is 7.92 Å². The molecule has 0 fully saturated rings. The number of hydrogen-bond acceptors (Lipinski definition) is 2. The molecule has 0 bridgehead atoms. The van der Waals surface area contributed by atoms with Gasteiger partial charge in [-0.25, -0.2) is 8.78 Å². The minimum absolute atomic E-state index is 0.458. The molecule has 0 radical (unpaired) electrons.